The highest BCUT2D eigenvalue weighted by atomic mass is 32.1. The van der Waals surface area contributed by atoms with E-state index in [2.05, 4.69) is 4.98 Å². The molecule has 0 radical (unpaired) electrons. The van der Waals surface area contributed by atoms with Crippen molar-refractivity contribution >= 4 is 23.3 Å². The quantitative estimate of drug-likeness (QED) is 0.644. The number of carbonyl (C=O) groups is 2. The van der Waals surface area contributed by atoms with E-state index in [4.69, 9.17) is 14.2 Å². The molecule has 1 aliphatic heterocycles. The molecule has 0 spiro atoms. The van der Waals surface area contributed by atoms with Crippen LogP contribution in [0.2, 0.25) is 0 Å². The van der Waals surface area contributed by atoms with E-state index in [9.17, 15) is 9.59 Å². The maximum Gasteiger partial charge on any atom is 0.409 e. The van der Waals surface area contributed by atoms with Crippen molar-refractivity contribution in [2.45, 2.75) is 26.9 Å². The summed E-state index contributed by atoms with van der Waals surface area (Å²) in [6.07, 6.45) is 0.389. The molecule has 2 amide bonds. The van der Waals surface area contributed by atoms with Crippen LogP contribution < -0.4 is 9.47 Å². The minimum atomic E-state index is -0.314. The number of hydrogen-bond donors (Lipinski definition) is 0. The molecule has 0 aliphatic carbocycles. The van der Waals surface area contributed by atoms with E-state index in [1.807, 2.05) is 19.2 Å². The van der Waals surface area contributed by atoms with E-state index in [0.29, 0.717) is 62.9 Å². The summed E-state index contributed by atoms with van der Waals surface area (Å²) in [7, 11) is 1.55. The molecule has 9 heteroatoms. The number of hydrogen-bond acceptors (Lipinski definition) is 7. The average molecular weight is 448 g/mol. The molecule has 0 saturated carbocycles. The Morgan fingerprint density at radius 3 is 2.61 bits per heavy atom. The SMILES string of the molecule is COc1cc(C(=O)N2CCCN(C(=O)OCC(C)C)CC2)ccc1OCc1cscn1. The van der Waals surface area contributed by atoms with Gasteiger partial charge in [-0.25, -0.2) is 9.78 Å². The summed E-state index contributed by atoms with van der Waals surface area (Å²) in [4.78, 5) is 32.9. The zero-order valence-corrected chi connectivity index (χ0v) is 19.0. The maximum atomic E-state index is 13.1. The second kappa shape index (κ2) is 11.0. The smallest absolute Gasteiger partial charge is 0.409 e. The van der Waals surface area contributed by atoms with Crippen LogP contribution in [0.15, 0.2) is 29.1 Å². The van der Waals surface area contributed by atoms with Gasteiger partial charge in [0.15, 0.2) is 11.5 Å². The van der Waals surface area contributed by atoms with Crippen LogP contribution in [0.5, 0.6) is 11.5 Å². The molecule has 2 heterocycles. The molecular formula is C22H29N3O5S. The molecule has 31 heavy (non-hydrogen) atoms. The Labute approximate surface area is 186 Å². The Hall–Kier alpha value is -2.81. The Balaban J connectivity index is 1.60. The number of rotatable bonds is 7. The summed E-state index contributed by atoms with van der Waals surface area (Å²) < 4.78 is 16.5. The fourth-order valence-electron chi connectivity index (χ4n) is 3.20. The second-order valence-electron chi connectivity index (χ2n) is 7.74. The van der Waals surface area contributed by atoms with Crippen LogP contribution in [-0.4, -0.2) is 66.7 Å². The summed E-state index contributed by atoms with van der Waals surface area (Å²) in [5.41, 5.74) is 3.12. The molecular weight excluding hydrogens is 418 g/mol. The molecule has 0 unspecified atom stereocenters. The van der Waals surface area contributed by atoms with Gasteiger partial charge in [0.1, 0.15) is 6.61 Å². The fraction of sp³-hybridized carbons (Fsp3) is 0.500. The number of carbonyl (C=O) groups excluding carboxylic acids is 2. The maximum absolute atomic E-state index is 13.1. The van der Waals surface area contributed by atoms with Crippen molar-refractivity contribution in [3.63, 3.8) is 0 Å². The van der Waals surface area contributed by atoms with Crippen molar-refractivity contribution in [3.8, 4) is 11.5 Å². The van der Waals surface area contributed by atoms with Gasteiger partial charge in [-0.1, -0.05) is 13.8 Å². The van der Waals surface area contributed by atoms with Gasteiger partial charge < -0.3 is 24.0 Å². The summed E-state index contributed by atoms with van der Waals surface area (Å²) in [6, 6.07) is 5.17. The van der Waals surface area contributed by atoms with Crippen molar-refractivity contribution in [2.75, 3.05) is 39.9 Å². The van der Waals surface area contributed by atoms with Gasteiger partial charge >= 0.3 is 6.09 Å². The topological polar surface area (TPSA) is 81.2 Å². The van der Waals surface area contributed by atoms with Crippen molar-refractivity contribution in [2.24, 2.45) is 5.92 Å². The Morgan fingerprint density at radius 2 is 1.90 bits per heavy atom. The van der Waals surface area contributed by atoms with Crippen LogP contribution in [0, 0.1) is 5.92 Å². The summed E-state index contributed by atoms with van der Waals surface area (Å²) in [5, 5.41) is 1.92. The number of thiazole rings is 1. The van der Waals surface area contributed by atoms with E-state index in [1.165, 1.54) is 11.3 Å². The number of aromatic nitrogens is 1. The van der Waals surface area contributed by atoms with Gasteiger partial charge in [0.25, 0.3) is 5.91 Å². The van der Waals surface area contributed by atoms with E-state index < -0.39 is 0 Å². The van der Waals surface area contributed by atoms with E-state index in [0.717, 1.165) is 5.69 Å². The molecule has 1 fully saturated rings. The fourth-order valence-corrected chi connectivity index (χ4v) is 3.74. The third kappa shape index (κ3) is 6.33. The second-order valence-corrected chi connectivity index (χ2v) is 8.46. The van der Waals surface area contributed by atoms with Gasteiger partial charge in [-0.15, -0.1) is 11.3 Å². The minimum Gasteiger partial charge on any atom is -0.493 e. The average Bonchev–Trinajstić information content (AvgIpc) is 3.17. The third-order valence-corrected chi connectivity index (χ3v) is 5.49. The summed E-state index contributed by atoms with van der Waals surface area (Å²) >= 11 is 1.51. The van der Waals surface area contributed by atoms with Crippen molar-refractivity contribution < 1.29 is 23.8 Å². The molecule has 0 atom stereocenters. The first kappa shape index (κ1) is 22.9. The third-order valence-electron chi connectivity index (χ3n) is 4.85. The van der Waals surface area contributed by atoms with E-state index in [-0.39, 0.29) is 17.9 Å². The highest BCUT2D eigenvalue weighted by Gasteiger charge is 2.24. The Kier molecular flexibility index (Phi) is 8.11. The van der Waals surface area contributed by atoms with Crippen LogP contribution in [0.4, 0.5) is 4.79 Å². The van der Waals surface area contributed by atoms with Gasteiger partial charge in [0.05, 0.1) is 24.9 Å². The standard InChI is InChI=1S/C22H29N3O5S/c1-16(2)12-30-22(27)25-8-4-7-24(9-10-25)21(26)17-5-6-19(20(11-17)28-3)29-13-18-14-31-15-23-18/h5-6,11,14-16H,4,7-10,12-13H2,1-3H3. The zero-order valence-electron chi connectivity index (χ0n) is 18.2. The number of benzene rings is 1. The number of nitrogens with zero attached hydrogens (tertiary/aromatic N) is 3. The van der Waals surface area contributed by atoms with Gasteiger partial charge in [-0.05, 0) is 30.5 Å². The number of methoxy groups -OCH3 is 1. The molecule has 1 aromatic heterocycles. The van der Waals surface area contributed by atoms with Crippen LogP contribution in [-0.2, 0) is 11.3 Å². The highest BCUT2D eigenvalue weighted by Crippen LogP contribution is 2.29. The predicted molar refractivity (Wildman–Crippen MR) is 118 cm³/mol. The number of ether oxygens (including phenoxy) is 3. The summed E-state index contributed by atoms with van der Waals surface area (Å²) in [5.74, 6) is 1.25. The zero-order chi connectivity index (χ0) is 22.2. The lowest BCUT2D eigenvalue weighted by Crippen LogP contribution is -2.38. The monoisotopic (exact) mass is 447 g/mol. The molecule has 1 aliphatic rings. The van der Waals surface area contributed by atoms with Crippen LogP contribution in [0.1, 0.15) is 36.3 Å². The van der Waals surface area contributed by atoms with Gasteiger partial charge in [-0.2, -0.15) is 0 Å². The van der Waals surface area contributed by atoms with Crippen LogP contribution in [0.3, 0.4) is 0 Å². The van der Waals surface area contributed by atoms with Gasteiger partial charge in [0, 0.05) is 37.1 Å². The number of amides is 2. The molecule has 2 aromatic rings. The van der Waals surface area contributed by atoms with Crippen molar-refractivity contribution in [1.82, 2.24) is 14.8 Å². The van der Waals surface area contributed by atoms with Crippen LogP contribution in [0.25, 0.3) is 0 Å². The predicted octanol–water partition coefficient (Wildman–Crippen LogP) is 3.67. The van der Waals surface area contributed by atoms with Crippen LogP contribution >= 0.6 is 11.3 Å². The first-order chi connectivity index (χ1) is 15.0. The Bertz CT molecular complexity index is 872. The summed E-state index contributed by atoms with van der Waals surface area (Å²) in [6.45, 7) is 6.80. The lowest BCUT2D eigenvalue weighted by molar-refractivity contribution is 0.0746. The normalized spacial score (nSPS) is 14.3. The molecule has 168 valence electrons. The van der Waals surface area contributed by atoms with Gasteiger partial charge in [-0.3, -0.25) is 4.79 Å². The first-order valence-electron chi connectivity index (χ1n) is 10.4. The lowest BCUT2D eigenvalue weighted by atomic mass is 10.1. The molecule has 0 bridgehead atoms. The molecule has 0 N–H and O–H groups in total. The minimum absolute atomic E-state index is 0.0956. The largest absolute Gasteiger partial charge is 0.493 e. The van der Waals surface area contributed by atoms with E-state index in [1.54, 1.807) is 40.6 Å². The highest BCUT2D eigenvalue weighted by molar-refractivity contribution is 7.07. The molecule has 1 saturated heterocycles. The molecule has 8 nitrogen and oxygen atoms in total. The van der Waals surface area contributed by atoms with E-state index >= 15 is 0 Å². The molecule has 3 rings (SSSR count). The van der Waals surface area contributed by atoms with Crippen molar-refractivity contribution in [3.05, 3.63) is 40.3 Å². The first-order valence-corrected chi connectivity index (χ1v) is 11.3. The molecule has 1 aromatic carbocycles. The van der Waals surface area contributed by atoms with Crippen molar-refractivity contribution in [1.29, 1.82) is 0 Å². The Morgan fingerprint density at radius 1 is 1.13 bits per heavy atom. The van der Waals surface area contributed by atoms with Gasteiger partial charge in [0.2, 0.25) is 0 Å². The lowest BCUT2D eigenvalue weighted by Gasteiger charge is -2.22.